The van der Waals surface area contributed by atoms with Crippen LogP contribution in [0, 0.1) is 0 Å². The lowest BCUT2D eigenvalue weighted by atomic mass is 10.1. The molecule has 0 radical (unpaired) electrons. The fourth-order valence-electron chi connectivity index (χ4n) is 2.11. The summed E-state index contributed by atoms with van der Waals surface area (Å²) < 4.78 is 5.35. The Balaban J connectivity index is 2.02. The van der Waals surface area contributed by atoms with Crippen molar-refractivity contribution < 1.29 is 9.53 Å². The molecule has 1 saturated heterocycles. The molecule has 0 aliphatic carbocycles. The van der Waals surface area contributed by atoms with E-state index in [1.54, 1.807) is 0 Å². The van der Waals surface area contributed by atoms with Gasteiger partial charge in [-0.25, -0.2) is 0 Å². The van der Waals surface area contributed by atoms with E-state index in [0.717, 1.165) is 31.6 Å². The summed E-state index contributed by atoms with van der Waals surface area (Å²) in [6.45, 7) is 3.49. The van der Waals surface area contributed by atoms with Gasteiger partial charge in [0.15, 0.2) is 0 Å². The van der Waals surface area contributed by atoms with Crippen molar-refractivity contribution in [2.45, 2.75) is 12.8 Å². The Morgan fingerprint density at radius 1 is 1.22 bits per heavy atom. The Morgan fingerprint density at radius 2 is 2.00 bits per heavy atom. The Bertz CT molecular complexity index is 381. The summed E-state index contributed by atoms with van der Waals surface area (Å²) in [6.07, 6.45) is 1.77. The Hall–Kier alpha value is -1.39. The zero-order chi connectivity index (χ0) is 12.8. The summed E-state index contributed by atoms with van der Waals surface area (Å²) in [5.41, 5.74) is 7.43. The number of benzene rings is 1. The summed E-state index contributed by atoms with van der Waals surface area (Å²) in [4.78, 5) is 14.1. The second kappa shape index (κ2) is 6.52. The van der Waals surface area contributed by atoms with Crippen LogP contribution >= 0.6 is 0 Å². The fraction of sp³-hybridized carbons (Fsp3) is 0.500. The zero-order valence-corrected chi connectivity index (χ0v) is 10.6. The molecule has 4 heteroatoms. The molecular formula is C14H20N2O2. The molecule has 1 aromatic rings. The number of hydrogen-bond donors (Lipinski definition) is 1. The van der Waals surface area contributed by atoms with Gasteiger partial charge in [0, 0.05) is 25.3 Å². The smallest absolute Gasteiger partial charge is 0.253 e. The molecule has 0 unspecified atom stereocenters. The summed E-state index contributed by atoms with van der Waals surface area (Å²) in [6, 6.07) is 7.74. The van der Waals surface area contributed by atoms with E-state index in [1.807, 2.05) is 29.2 Å². The second-order valence-corrected chi connectivity index (χ2v) is 4.49. The molecule has 1 fully saturated rings. The van der Waals surface area contributed by atoms with Gasteiger partial charge in [-0.1, -0.05) is 12.1 Å². The van der Waals surface area contributed by atoms with E-state index in [0.29, 0.717) is 19.7 Å². The first-order valence-electron chi connectivity index (χ1n) is 6.47. The molecule has 98 valence electrons. The van der Waals surface area contributed by atoms with Crippen LogP contribution in [0.25, 0.3) is 0 Å². The highest BCUT2D eigenvalue weighted by atomic mass is 16.5. The number of carbonyl (C=O) groups is 1. The van der Waals surface area contributed by atoms with Gasteiger partial charge in [-0.15, -0.1) is 0 Å². The van der Waals surface area contributed by atoms with Crippen molar-refractivity contribution in [1.82, 2.24) is 4.90 Å². The van der Waals surface area contributed by atoms with Crippen LogP contribution < -0.4 is 5.73 Å². The molecule has 0 spiro atoms. The highest BCUT2D eigenvalue weighted by molar-refractivity contribution is 5.94. The number of hydrogen-bond acceptors (Lipinski definition) is 3. The van der Waals surface area contributed by atoms with Gasteiger partial charge in [-0.05, 0) is 37.1 Å². The first-order chi connectivity index (χ1) is 8.81. The van der Waals surface area contributed by atoms with Crippen molar-refractivity contribution in [3.05, 3.63) is 35.4 Å². The predicted molar refractivity (Wildman–Crippen MR) is 70.5 cm³/mol. The van der Waals surface area contributed by atoms with E-state index in [2.05, 4.69) is 0 Å². The van der Waals surface area contributed by atoms with E-state index < -0.39 is 0 Å². The number of nitrogens with two attached hydrogens (primary N) is 1. The number of rotatable bonds is 3. The van der Waals surface area contributed by atoms with Gasteiger partial charge in [-0.2, -0.15) is 0 Å². The SMILES string of the molecule is NCCc1ccc(C(=O)N2CCCOCC2)cc1. The quantitative estimate of drug-likeness (QED) is 0.870. The highest BCUT2D eigenvalue weighted by Crippen LogP contribution is 2.10. The van der Waals surface area contributed by atoms with Crippen molar-refractivity contribution >= 4 is 5.91 Å². The van der Waals surface area contributed by atoms with Crippen LogP contribution in [0.3, 0.4) is 0 Å². The van der Waals surface area contributed by atoms with Crippen molar-refractivity contribution in [2.75, 3.05) is 32.8 Å². The first-order valence-corrected chi connectivity index (χ1v) is 6.47. The summed E-state index contributed by atoms with van der Waals surface area (Å²) >= 11 is 0. The maximum absolute atomic E-state index is 12.3. The van der Waals surface area contributed by atoms with Gasteiger partial charge in [0.2, 0.25) is 0 Å². The Labute approximate surface area is 108 Å². The molecule has 1 heterocycles. The average Bonchev–Trinajstić information content (AvgIpc) is 2.68. The van der Waals surface area contributed by atoms with Gasteiger partial charge in [0.25, 0.3) is 5.91 Å². The van der Waals surface area contributed by atoms with Crippen LogP contribution in [-0.4, -0.2) is 43.7 Å². The minimum Gasteiger partial charge on any atom is -0.380 e. The van der Waals surface area contributed by atoms with Gasteiger partial charge in [-0.3, -0.25) is 4.79 Å². The van der Waals surface area contributed by atoms with Crippen molar-refractivity contribution in [3.63, 3.8) is 0 Å². The molecule has 1 aliphatic rings. The van der Waals surface area contributed by atoms with E-state index >= 15 is 0 Å². The molecule has 4 nitrogen and oxygen atoms in total. The number of ether oxygens (including phenoxy) is 1. The summed E-state index contributed by atoms with van der Waals surface area (Å²) in [7, 11) is 0. The highest BCUT2D eigenvalue weighted by Gasteiger charge is 2.17. The van der Waals surface area contributed by atoms with Crippen LogP contribution in [0.4, 0.5) is 0 Å². The predicted octanol–water partition coefficient (Wildman–Crippen LogP) is 1.05. The number of carbonyl (C=O) groups excluding carboxylic acids is 1. The molecule has 1 aliphatic heterocycles. The molecule has 0 aromatic heterocycles. The maximum atomic E-state index is 12.3. The Kier molecular flexibility index (Phi) is 4.73. The first kappa shape index (κ1) is 13.1. The maximum Gasteiger partial charge on any atom is 0.253 e. The van der Waals surface area contributed by atoms with Crippen LogP contribution in [0.5, 0.6) is 0 Å². The summed E-state index contributed by atoms with van der Waals surface area (Å²) in [5, 5.41) is 0. The molecular weight excluding hydrogens is 228 g/mol. The third-order valence-electron chi connectivity index (χ3n) is 3.14. The van der Waals surface area contributed by atoms with Gasteiger partial charge < -0.3 is 15.4 Å². The average molecular weight is 248 g/mol. The van der Waals surface area contributed by atoms with Crippen LogP contribution in [0.15, 0.2) is 24.3 Å². The molecule has 0 bridgehead atoms. The van der Waals surface area contributed by atoms with Crippen LogP contribution in [0.1, 0.15) is 22.3 Å². The van der Waals surface area contributed by atoms with Crippen molar-refractivity contribution in [1.29, 1.82) is 0 Å². The van der Waals surface area contributed by atoms with E-state index in [1.165, 1.54) is 5.56 Å². The van der Waals surface area contributed by atoms with E-state index in [4.69, 9.17) is 10.5 Å². The zero-order valence-electron chi connectivity index (χ0n) is 10.6. The van der Waals surface area contributed by atoms with Crippen molar-refractivity contribution in [2.24, 2.45) is 5.73 Å². The minimum absolute atomic E-state index is 0.0970. The fourth-order valence-corrected chi connectivity index (χ4v) is 2.11. The second-order valence-electron chi connectivity index (χ2n) is 4.49. The third kappa shape index (κ3) is 3.31. The normalized spacial score (nSPS) is 16.4. The third-order valence-corrected chi connectivity index (χ3v) is 3.14. The van der Waals surface area contributed by atoms with Gasteiger partial charge in [0.1, 0.15) is 0 Å². The van der Waals surface area contributed by atoms with E-state index in [9.17, 15) is 4.79 Å². The largest absolute Gasteiger partial charge is 0.380 e. The summed E-state index contributed by atoms with van der Waals surface area (Å²) in [5.74, 6) is 0.0970. The van der Waals surface area contributed by atoms with Crippen molar-refractivity contribution in [3.8, 4) is 0 Å². The Morgan fingerprint density at radius 3 is 2.72 bits per heavy atom. The molecule has 2 N–H and O–H groups in total. The molecule has 0 saturated carbocycles. The lowest BCUT2D eigenvalue weighted by Crippen LogP contribution is -2.33. The molecule has 18 heavy (non-hydrogen) atoms. The van der Waals surface area contributed by atoms with Gasteiger partial charge in [0.05, 0.1) is 6.61 Å². The number of amides is 1. The lowest BCUT2D eigenvalue weighted by molar-refractivity contribution is 0.0741. The lowest BCUT2D eigenvalue weighted by Gasteiger charge is -2.19. The standard InChI is InChI=1S/C14H20N2O2/c15-7-6-12-2-4-13(5-3-12)14(17)16-8-1-10-18-11-9-16/h2-5H,1,6-11,15H2. The molecule has 2 rings (SSSR count). The molecule has 1 aromatic carbocycles. The molecule has 1 amide bonds. The van der Waals surface area contributed by atoms with Gasteiger partial charge >= 0.3 is 0 Å². The van der Waals surface area contributed by atoms with Crippen LogP contribution in [0.2, 0.25) is 0 Å². The molecule has 0 atom stereocenters. The minimum atomic E-state index is 0.0970. The van der Waals surface area contributed by atoms with Crippen LogP contribution in [-0.2, 0) is 11.2 Å². The van der Waals surface area contributed by atoms with E-state index in [-0.39, 0.29) is 5.91 Å². The topological polar surface area (TPSA) is 55.6 Å². The monoisotopic (exact) mass is 248 g/mol. The number of nitrogens with zero attached hydrogens (tertiary/aromatic N) is 1.